The molecule has 0 rings (SSSR count). The Kier molecular flexibility index (Phi) is 20.6. The summed E-state index contributed by atoms with van der Waals surface area (Å²) in [5.74, 6) is -3.22. The van der Waals surface area contributed by atoms with Crippen LogP contribution in [0.3, 0.4) is 0 Å². The average Bonchev–Trinajstić information content (AvgIpc) is 2.92. The molecular formula is C26H40O13. The lowest BCUT2D eigenvalue weighted by Crippen LogP contribution is -2.40. The van der Waals surface area contributed by atoms with Crippen molar-refractivity contribution < 1.29 is 63.0 Å². The van der Waals surface area contributed by atoms with Crippen LogP contribution in [0.2, 0.25) is 0 Å². The number of aliphatic hydroxyl groups is 3. The van der Waals surface area contributed by atoms with Crippen molar-refractivity contribution in [3.05, 3.63) is 37.5 Å². The number of aliphatic hydroxyl groups excluding tert-OH is 3. The van der Waals surface area contributed by atoms with Crippen LogP contribution in [0, 0.1) is 0 Å². The van der Waals surface area contributed by atoms with E-state index in [1.165, 1.54) is 6.92 Å². The second-order valence-corrected chi connectivity index (χ2v) is 7.99. The van der Waals surface area contributed by atoms with Gasteiger partial charge in [0, 0.05) is 30.6 Å². The van der Waals surface area contributed by atoms with E-state index in [0.29, 0.717) is 0 Å². The van der Waals surface area contributed by atoms with Crippen molar-refractivity contribution >= 4 is 29.8 Å². The first-order valence-corrected chi connectivity index (χ1v) is 12.0. The van der Waals surface area contributed by atoms with Gasteiger partial charge in [-0.25, -0.2) is 14.4 Å². The van der Waals surface area contributed by atoms with Crippen LogP contribution in [0.25, 0.3) is 0 Å². The zero-order chi connectivity index (χ0) is 30.5. The van der Waals surface area contributed by atoms with Gasteiger partial charge >= 0.3 is 29.8 Å². The van der Waals surface area contributed by atoms with Crippen molar-refractivity contribution in [3.63, 3.8) is 0 Å². The fourth-order valence-electron chi connectivity index (χ4n) is 2.52. The normalized spacial score (nSPS) is 13.9. The number of carbonyl (C=O) groups excluding carboxylic acids is 5. The number of rotatable bonds is 17. The first kappa shape index (κ1) is 37.6. The molecule has 0 aliphatic heterocycles. The van der Waals surface area contributed by atoms with Crippen LogP contribution in [0.4, 0.5) is 0 Å². The third-order valence-corrected chi connectivity index (χ3v) is 4.69. The lowest BCUT2D eigenvalue weighted by Gasteiger charge is -2.27. The maximum atomic E-state index is 11.4. The number of methoxy groups -OCH3 is 1. The summed E-state index contributed by atoms with van der Waals surface area (Å²) in [6, 6.07) is 0. The molecule has 0 aliphatic rings. The van der Waals surface area contributed by atoms with Crippen LogP contribution in [0.1, 0.15) is 46.5 Å². The Hall–Kier alpha value is -3.55. The molecule has 0 amide bonds. The second-order valence-electron chi connectivity index (χ2n) is 7.99. The molecule has 0 spiro atoms. The molecule has 0 aliphatic carbocycles. The molecule has 0 bridgehead atoms. The average molecular weight is 561 g/mol. The van der Waals surface area contributed by atoms with Crippen LogP contribution in [-0.4, -0.2) is 96.0 Å². The van der Waals surface area contributed by atoms with Crippen molar-refractivity contribution in [2.75, 3.05) is 20.3 Å². The van der Waals surface area contributed by atoms with E-state index in [9.17, 15) is 39.3 Å². The number of ether oxygens (including phenoxy) is 5. The molecule has 0 heterocycles. The monoisotopic (exact) mass is 560 g/mol. The summed E-state index contributed by atoms with van der Waals surface area (Å²) in [5.41, 5.74) is 0.257. The summed E-state index contributed by atoms with van der Waals surface area (Å²) < 4.78 is 23.7. The van der Waals surface area contributed by atoms with Crippen LogP contribution in [0.15, 0.2) is 37.5 Å². The molecular weight excluding hydrogens is 520 g/mol. The standard InChI is InChI=1S/C16H24O8.C10H16O5/c1-5-12(23-14(19)6-2)10(17)8-13(24-15(20)7-3)11(18)9-16(21)22-4;1-4-9(12)14-5-8(11)6-15-10(13)7(2)3/h6-7,10-13,17-18H,2-3,5,8-9H2,1,4H3;8,11H,2,4-6H2,1,3H3. The molecule has 0 saturated carbocycles. The Morgan fingerprint density at radius 3 is 1.77 bits per heavy atom. The van der Waals surface area contributed by atoms with E-state index in [0.717, 1.165) is 19.3 Å². The van der Waals surface area contributed by atoms with Gasteiger partial charge in [-0.05, 0) is 13.3 Å². The van der Waals surface area contributed by atoms with E-state index >= 15 is 0 Å². The topological polar surface area (TPSA) is 192 Å². The van der Waals surface area contributed by atoms with E-state index < -0.39 is 66.8 Å². The fourth-order valence-corrected chi connectivity index (χ4v) is 2.52. The van der Waals surface area contributed by atoms with Gasteiger partial charge in [-0.1, -0.05) is 33.6 Å². The van der Waals surface area contributed by atoms with E-state index in [-0.39, 0.29) is 38.0 Å². The number of hydrogen-bond donors (Lipinski definition) is 3. The first-order valence-electron chi connectivity index (χ1n) is 12.0. The summed E-state index contributed by atoms with van der Waals surface area (Å²) in [4.78, 5) is 55.5. The zero-order valence-corrected chi connectivity index (χ0v) is 22.8. The Bertz CT molecular complexity index is 836. The summed E-state index contributed by atoms with van der Waals surface area (Å²) in [5, 5.41) is 29.5. The Labute approximate surface area is 228 Å². The van der Waals surface area contributed by atoms with Gasteiger partial charge in [0.15, 0.2) is 0 Å². The molecule has 0 radical (unpaired) electrons. The highest BCUT2D eigenvalue weighted by molar-refractivity contribution is 5.86. The molecule has 5 unspecified atom stereocenters. The molecule has 0 aromatic heterocycles. The molecule has 0 aromatic carbocycles. The number of hydrogen-bond acceptors (Lipinski definition) is 13. The predicted octanol–water partition coefficient (Wildman–Crippen LogP) is 0.687. The minimum Gasteiger partial charge on any atom is -0.469 e. The lowest BCUT2D eigenvalue weighted by atomic mass is 9.99. The Balaban J connectivity index is 0. The van der Waals surface area contributed by atoms with Gasteiger partial charge in [-0.2, -0.15) is 0 Å². The van der Waals surface area contributed by atoms with Crippen molar-refractivity contribution in [1.82, 2.24) is 0 Å². The molecule has 0 fully saturated rings. The van der Waals surface area contributed by atoms with Gasteiger partial charge in [-0.3, -0.25) is 9.59 Å². The van der Waals surface area contributed by atoms with Gasteiger partial charge < -0.3 is 39.0 Å². The van der Waals surface area contributed by atoms with Crippen LogP contribution >= 0.6 is 0 Å². The van der Waals surface area contributed by atoms with Gasteiger partial charge in [0.1, 0.15) is 37.6 Å². The quantitative estimate of drug-likeness (QED) is 0.128. The SMILES string of the molecule is C=C(C)C(=O)OCC(O)COC(=O)CC.C=CC(=O)OC(CC)C(O)CC(OC(=O)C=C)C(O)CC(=O)OC. The van der Waals surface area contributed by atoms with Gasteiger partial charge in [0.05, 0.1) is 19.6 Å². The van der Waals surface area contributed by atoms with Crippen molar-refractivity contribution in [2.45, 2.75) is 77.0 Å². The van der Waals surface area contributed by atoms with Gasteiger partial charge in [0.25, 0.3) is 0 Å². The van der Waals surface area contributed by atoms with E-state index in [1.807, 2.05) is 0 Å². The zero-order valence-electron chi connectivity index (χ0n) is 22.8. The van der Waals surface area contributed by atoms with E-state index in [2.05, 4.69) is 33.9 Å². The predicted molar refractivity (Wildman–Crippen MR) is 137 cm³/mol. The summed E-state index contributed by atoms with van der Waals surface area (Å²) >= 11 is 0. The molecule has 13 heteroatoms. The summed E-state index contributed by atoms with van der Waals surface area (Å²) in [6.45, 7) is 14.3. The fraction of sp³-hybridized carbons (Fsp3) is 0.577. The molecule has 0 saturated heterocycles. The van der Waals surface area contributed by atoms with Crippen molar-refractivity contribution in [1.29, 1.82) is 0 Å². The Morgan fingerprint density at radius 1 is 0.821 bits per heavy atom. The number of esters is 5. The molecule has 5 atom stereocenters. The largest absolute Gasteiger partial charge is 0.469 e. The van der Waals surface area contributed by atoms with E-state index in [1.54, 1.807) is 13.8 Å². The van der Waals surface area contributed by atoms with Crippen LogP contribution < -0.4 is 0 Å². The van der Waals surface area contributed by atoms with Gasteiger partial charge in [-0.15, -0.1) is 0 Å². The molecule has 39 heavy (non-hydrogen) atoms. The van der Waals surface area contributed by atoms with Crippen molar-refractivity contribution in [3.8, 4) is 0 Å². The molecule has 0 aromatic rings. The highest BCUT2D eigenvalue weighted by Crippen LogP contribution is 2.17. The molecule has 13 nitrogen and oxygen atoms in total. The minimum absolute atomic E-state index is 0.170. The maximum Gasteiger partial charge on any atom is 0.333 e. The summed E-state index contributed by atoms with van der Waals surface area (Å²) in [6.07, 6.45) is -4.01. The maximum absolute atomic E-state index is 11.4. The highest BCUT2D eigenvalue weighted by atomic mass is 16.6. The van der Waals surface area contributed by atoms with E-state index in [4.69, 9.17) is 9.47 Å². The lowest BCUT2D eigenvalue weighted by molar-refractivity contribution is -0.162. The second kappa shape index (κ2) is 21.4. The smallest absolute Gasteiger partial charge is 0.333 e. The molecule has 222 valence electrons. The number of carbonyl (C=O) groups is 5. The first-order chi connectivity index (χ1) is 18.2. The molecule has 3 N–H and O–H groups in total. The third kappa shape index (κ3) is 18.4. The van der Waals surface area contributed by atoms with Crippen LogP contribution in [0.5, 0.6) is 0 Å². The summed E-state index contributed by atoms with van der Waals surface area (Å²) in [7, 11) is 1.15. The van der Waals surface area contributed by atoms with Crippen molar-refractivity contribution in [2.24, 2.45) is 0 Å². The van der Waals surface area contributed by atoms with Crippen LogP contribution in [-0.2, 0) is 47.7 Å². The Morgan fingerprint density at radius 2 is 1.33 bits per heavy atom. The minimum atomic E-state index is -1.40. The highest BCUT2D eigenvalue weighted by Gasteiger charge is 2.31. The third-order valence-electron chi connectivity index (χ3n) is 4.69. The van der Waals surface area contributed by atoms with Gasteiger partial charge in [0.2, 0.25) is 0 Å².